The molecule has 0 aromatic heterocycles. The molecule has 21 heavy (non-hydrogen) atoms. The van der Waals surface area contributed by atoms with Crippen LogP contribution in [0.5, 0.6) is 5.75 Å². The van der Waals surface area contributed by atoms with E-state index < -0.39 is 34.7 Å². The number of nitrogens with zero attached hydrogens (tertiary/aromatic N) is 1. The number of benzene rings is 1. The average Bonchev–Trinajstić information content (AvgIpc) is 2.94. The standard InChI is InChI=1S/C14H15ClF3NO2/c15-5-1-3-8-4-2-6-19(8)14(21)9-7-10(16)12(18)13(20)11(9)17/h7-8,20H,1-6H2. The maximum absolute atomic E-state index is 13.8. The minimum Gasteiger partial charge on any atom is -0.503 e. The van der Waals surface area contributed by atoms with Gasteiger partial charge in [-0.15, -0.1) is 11.6 Å². The van der Waals surface area contributed by atoms with Crippen LogP contribution in [0.1, 0.15) is 36.0 Å². The fraction of sp³-hybridized carbons (Fsp3) is 0.500. The Kier molecular flexibility index (Phi) is 4.98. The van der Waals surface area contributed by atoms with Crippen molar-refractivity contribution in [2.75, 3.05) is 12.4 Å². The van der Waals surface area contributed by atoms with Crippen LogP contribution in [0, 0.1) is 17.5 Å². The zero-order valence-corrected chi connectivity index (χ0v) is 12.0. The second-order valence-corrected chi connectivity index (χ2v) is 5.39. The largest absolute Gasteiger partial charge is 0.503 e. The van der Waals surface area contributed by atoms with E-state index in [0.717, 1.165) is 12.8 Å². The Morgan fingerprint density at radius 2 is 2.10 bits per heavy atom. The van der Waals surface area contributed by atoms with Gasteiger partial charge in [0.05, 0.1) is 5.56 Å². The van der Waals surface area contributed by atoms with Gasteiger partial charge in [-0.25, -0.2) is 8.78 Å². The molecule has 0 radical (unpaired) electrons. The van der Waals surface area contributed by atoms with Gasteiger partial charge in [-0.1, -0.05) is 0 Å². The third kappa shape index (κ3) is 3.10. The van der Waals surface area contributed by atoms with Crippen LogP contribution in [0.25, 0.3) is 0 Å². The number of hydrogen-bond donors (Lipinski definition) is 1. The van der Waals surface area contributed by atoms with E-state index >= 15 is 0 Å². The lowest BCUT2D eigenvalue weighted by atomic mass is 10.1. The Balaban J connectivity index is 2.27. The molecule has 1 N–H and O–H groups in total. The van der Waals surface area contributed by atoms with Crippen molar-refractivity contribution in [3.05, 3.63) is 29.1 Å². The van der Waals surface area contributed by atoms with Gasteiger partial charge in [0.2, 0.25) is 5.82 Å². The van der Waals surface area contributed by atoms with Crippen molar-refractivity contribution >= 4 is 17.5 Å². The van der Waals surface area contributed by atoms with Crippen molar-refractivity contribution in [2.24, 2.45) is 0 Å². The highest BCUT2D eigenvalue weighted by molar-refractivity contribution is 6.17. The van der Waals surface area contributed by atoms with Crippen molar-refractivity contribution in [3.8, 4) is 5.75 Å². The van der Waals surface area contributed by atoms with Crippen LogP contribution < -0.4 is 0 Å². The first-order chi connectivity index (χ1) is 9.97. The van der Waals surface area contributed by atoms with Crippen molar-refractivity contribution in [1.29, 1.82) is 0 Å². The van der Waals surface area contributed by atoms with E-state index in [4.69, 9.17) is 11.6 Å². The fourth-order valence-electron chi connectivity index (χ4n) is 2.62. The SMILES string of the molecule is O=C(c1cc(F)c(F)c(O)c1F)N1CCCC1CCCCl. The van der Waals surface area contributed by atoms with Crippen LogP contribution in [0.3, 0.4) is 0 Å². The van der Waals surface area contributed by atoms with Gasteiger partial charge in [-0.05, 0) is 31.7 Å². The lowest BCUT2D eigenvalue weighted by molar-refractivity contribution is 0.0723. The van der Waals surface area contributed by atoms with Gasteiger partial charge in [0.1, 0.15) is 0 Å². The van der Waals surface area contributed by atoms with Crippen molar-refractivity contribution in [1.82, 2.24) is 4.90 Å². The molecule has 1 amide bonds. The lowest BCUT2D eigenvalue weighted by Gasteiger charge is -2.25. The number of alkyl halides is 1. The zero-order chi connectivity index (χ0) is 15.6. The minimum atomic E-state index is -1.69. The lowest BCUT2D eigenvalue weighted by Crippen LogP contribution is -2.36. The molecule has 0 bridgehead atoms. The Labute approximate surface area is 125 Å². The predicted molar refractivity (Wildman–Crippen MR) is 72.0 cm³/mol. The van der Waals surface area contributed by atoms with E-state index in [-0.39, 0.29) is 6.04 Å². The van der Waals surface area contributed by atoms with E-state index in [2.05, 4.69) is 0 Å². The van der Waals surface area contributed by atoms with Gasteiger partial charge in [0, 0.05) is 18.5 Å². The van der Waals surface area contributed by atoms with Crippen LogP contribution in [0.2, 0.25) is 0 Å². The zero-order valence-electron chi connectivity index (χ0n) is 11.2. The van der Waals surface area contributed by atoms with E-state index in [1.807, 2.05) is 0 Å². The highest BCUT2D eigenvalue weighted by Gasteiger charge is 2.32. The normalized spacial score (nSPS) is 18.3. The van der Waals surface area contributed by atoms with Crippen LogP contribution >= 0.6 is 11.6 Å². The molecule has 1 atom stereocenters. The molecule has 2 rings (SSSR count). The first kappa shape index (κ1) is 15.9. The smallest absolute Gasteiger partial charge is 0.257 e. The third-order valence-corrected chi connectivity index (χ3v) is 3.94. The summed E-state index contributed by atoms with van der Waals surface area (Å²) in [5.41, 5.74) is -0.649. The molecule has 1 fully saturated rings. The van der Waals surface area contributed by atoms with E-state index in [1.165, 1.54) is 4.90 Å². The second-order valence-electron chi connectivity index (χ2n) is 5.01. The maximum atomic E-state index is 13.8. The quantitative estimate of drug-likeness (QED) is 0.682. The summed E-state index contributed by atoms with van der Waals surface area (Å²) >= 11 is 5.62. The van der Waals surface area contributed by atoms with Gasteiger partial charge in [-0.3, -0.25) is 4.79 Å². The highest BCUT2D eigenvalue weighted by Crippen LogP contribution is 2.29. The number of carbonyl (C=O) groups is 1. The summed E-state index contributed by atoms with van der Waals surface area (Å²) in [4.78, 5) is 13.7. The van der Waals surface area contributed by atoms with Crippen LogP contribution in [-0.4, -0.2) is 34.4 Å². The molecule has 1 aliphatic heterocycles. The molecule has 1 aliphatic rings. The Morgan fingerprint density at radius 1 is 1.38 bits per heavy atom. The molecule has 116 valence electrons. The van der Waals surface area contributed by atoms with Crippen LogP contribution in [0.4, 0.5) is 13.2 Å². The highest BCUT2D eigenvalue weighted by atomic mass is 35.5. The Bertz CT molecular complexity index is 554. The molecule has 1 aromatic rings. The summed E-state index contributed by atoms with van der Waals surface area (Å²) in [5, 5.41) is 9.19. The summed E-state index contributed by atoms with van der Waals surface area (Å²) in [6.45, 7) is 0.422. The summed E-state index contributed by atoms with van der Waals surface area (Å²) in [6.07, 6.45) is 2.91. The molecule has 1 unspecified atom stereocenters. The third-order valence-electron chi connectivity index (χ3n) is 3.67. The number of amides is 1. The number of likely N-dealkylation sites (tertiary alicyclic amines) is 1. The molecular weight excluding hydrogens is 307 g/mol. The van der Waals surface area contributed by atoms with E-state index in [9.17, 15) is 23.1 Å². The number of rotatable bonds is 4. The summed E-state index contributed by atoms with van der Waals surface area (Å²) in [7, 11) is 0. The number of aromatic hydroxyl groups is 1. The summed E-state index contributed by atoms with van der Waals surface area (Å²) < 4.78 is 40.1. The number of phenols is 1. The number of phenolic OH excluding ortho intramolecular Hbond substituents is 1. The monoisotopic (exact) mass is 321 g/mol. The van der Waals surface area contributed by atoms with E-state index in [0.29, 0.717) is 31.3 Å². The van der Waals surface area contributed by atoms with Gasteiger partial charge >= 0.3 is 0 Å². The minimum absolute atomic E-state index is 0.0918. The number of halogens is 4. The molecule has 7 heteroatoms. The molecule has 1 heterocycles. The first-order valence-electron chi connectivity index (χ1n) is 6.70. The van der Waals surface area contributed by atoms with Crippen LogP contribution in [0.15, 0.2) is 6.07 Å². The molecule has 0 spiro atoms. The summed E-state index contributed by atoms with van der Waals surface area (Å²) in [6, 6.07) is 0.398. The summed E-state index contributed by atoms with van der Waals surface area (Å²) in [5.74, 6) is -6.31. The first-order valence-corrected chi connectivity index (χ1v) is 7.24. The molecule has 1 saturated heterocycles. The molecule has 0 aliphatic carbocycles. The molecular formula is C14H15ClF3NO2. The average molecular weight is 322 g/mol. The second kappa shape index (κ2) is 6.56. The molecule has 0 saturated carbocycles. The number of carbonyl (C=O) groups excluding carboxylic acids is 1. The van der Waals surface area contributed by atoms with Crippen molar-refractivity contribution < 1.29 is 23.1 Å². The molecule has 1 aromatic carbocycles. The Morgan fingerprint density at radius 3 is 2.76 bits per heavy atom. The topological polar surface area (TPSA) is 40.5 Å². The van der Waals surface area contributed by atoms with Gasteiger partial charge in [0.15, 0.2) is 17.4 Å². The maximum Gasteiger partial charge on any atom is 0.257 e. The number of hydrogen-bond acceptors (Lipinski definition) is 2. The predicted octanol–water partition coefficient (Wildman–Crippen LogP) is 3.43. The van der Waals surface area contributed by atoms with Crippen LogP contribution in [-0.2, 0) is 0 Å². The van der Waals surface area contributed by atoms with Gasteiger partial charge < -0.3 is 10.0 Å². The Hall–Kier alpha value is -1.43. The van der Waals surface area contributed by atoms with E-state index in [1.54, 1.807) is 0 Å². The molecule has 3 nitrogen and oxygen atoms in total. The van der Waals surface area contributed by atoms with Gasteiger partial charge in [-0.2, -0.15) is 4.39 Å². The van der Waals surface area contributed by atoms with Crippen molar-refractivity contribution in [3.63, 3.8) is 0 Å². The fourth-order valence-corrected chi connectivity index (χ4v) is 2.77. The van der Waals surface area contributed by atoms with Crippen molar-refractivity contribution in [2.45, 2.75) is 31.7 Å². The van der Waals surface area contributed by atoms with Gasteiger partial charge in [0.25, 0.3) is 5.91 Å².